The van der Waals surface area contributed by atoms with Gasteiger partial charge in [0.1, 0.15) is 5.82 Å². The van der Waals surface area contributed by atoms with Gasteiger partial charge in [0, 0.05) is 0 Å². The number of alkyl halides is 1. The summed E-state index contributed by atoms with van der Waals surface area (Å²) in [4.78, 5) is 11.8. The van der Waals surface area contributed by atoms with Gasteiger partial charge in [-0.15, -0.1) is 0 Å². The fraction of sp³-hybridized carbons (Fsp3) is 0.400. The van der Waals surface area contributed by atoms with Crippen molar-refractivity contribution in [3.63, 3.8) is 0 Å². The molecule has 7 heteroatoms. The Morgan fingerprint density at radius 2 is 2.09 bits per heavy atom. The highest BCUT2D eigenvalue weighted by Crippen LogP contribution is 2.38. The molecule has 1 aromatic carbocycles. The van der Waals surface area contributed by atoms with Crippen LogP contribution in [0, 0.1) is 11.7 Å². The number of nitrogens with two attached hydrogens (primary N) is 1. The van der Waals surface area contributed by atoms with Crippen LogP contribution in [0.15, 0.2) is 18.2 Å². The van der Waals surface area contributed by atoms with E-state index in [2.05, 4.69) is 27.2 Å². The van der Waals surface area contributed by atoms with Crippen LogP contribution in [0.25, 0.3) is 0 Å². The summed E-state index contributed by atoms with van der Waals surface area (Å²) in [7, 11) is 0. The number of hydrogen-bond acceptors (Lipinski definition) is 5. The number of nitrogen functional groups attached to an aromatic ring is 1. The molecule has 1 aromatic heterocycles. The summed E-state index contributed by atoms with van der Waals surface area (Å²) >= 11 is 0. The van der Waals surface area contributed by atoms with Crippen molar-refractivity contribution in [1.29, 1.82) is 0 Å². The predicted molar refractivity (Wildman–Crippen MR) is 79.4 cm³/mol. The maximum atomic E-state index is 13.5. The molecule has 1 aliphatic rings. The molecule has 0 spiro atoms. The van der Waals surface area contributed by atoms with Crippen LogP contribution in [0.1, 0.15) is 43.0 Å². The number of nitrogens with zero attached hydrogens (tertiary/aromatic N) is 3. The first-order valence-electron chi connectivity index (χ1n) is 7.14. The number of hydrogen-bond donors (Lipinski definition) is 2. The van der Waals surface area contributed by atoms with E-state index in [0.29, 0.717) is 0 Å². The minimum atomic E-state index is -1.34. The second-order valence-electron chi connectivity index (χ2n) is 5.64. The first-order valence-corrected chi connectivity index (χ1v) is 7.14. The number of anilines is 2. The van der Waals surface area contributed by atoms with Crippen molar-refractivity contribution < 1.29 is 8.78 Å². The lowest BCUT2D eigenvalue weighted by atomic mass is 10.0. The molecule has 1 aliphatic carbocycles. The van der Waals surface area contributed by atoms with Crippen molar-refractivity contribution in [3.05, 3.63) is 41.0 Å². The summed E-state index contributed by atoms with van der Waals surface area (Å²) in [6, 6.07) is 4.62. The summed E-state index contributed by atoms with van der Waals surface area (Å²) < 4.78 is 26.9. The van der Waals surface area contributed by atoms with E-state index in [1.807, 2.05) is 0 Å². The van der Waals surface area contributed by atoms with E-state index in [-0.39, 0.29) is 35.5 Å². The molecule has 0 aliphatic heterocycles. The van der Waals surface area contributed by atoms with Gasteiger partial charge in [0.25, 0.3) is 0 Å². The molecule has 1 unspecified atom stereocenters. The van der Waals surface area contributed by atoms with Crippen LogP contribution in [-0.2, 0) is 6.42 Å². The van der Waals surface area contributed by atoms with Crippen LogP contribution in [0.2, 0.25) is 0 Å². The van der Waals surface area contributed by atoms with E-state index in [9.17, 15) is 8.78 Å². The molecule has 3 N–H and O–H groups in total. The van der Waals surface area contributed by atoms with Crippen LogP contribution in [0.4, 0.5) is 20.7 Å². The monoisotopic (exact) mass is 305 g/mol. The minimum absolute atomic E-state index is 0.0138. The number of halogens is 2. The lowest BCUT2D eigenvalue weighted by molar-refractivity contribution is 0.356. The number of rotatable bonds is 3. The predicted octanol–water partition coefficient (Wildman–Crippen LogP) is 2.97. The number of nitrogens with one attached hydrogen (secondary N) is 1. The van der Waals surface area contributed by atoms with Gasteiger partial charge < -0.3 is 11.1 Å². The first-order chi connectivity index (χ1) is 10.4. The third kappa shape index (κ3) is 2.70. The molecule has 0 amide bonds. The Hall–Kier alpha value is -2.31. The van der Waals surface area contributed by atoms with Gasteiger partial charge in [-0.05, 0) is 42.5 Å². The summed E-state index contributed by atoms with van der Waals surface area (Å²) in [6.07, 6.45) is -0.503. The fourth-order valence-electron chi connectivity index (χ4n) is 2.82. The molecule has 0 saturated heterocycles. The highest BCUT2D eigenvalue weighted by Gasteiger charge is 2.30. The van der Waals surface area contributed by atoms with E-state index in [1.54, 1.807) is 6.07 Å². The second-order valence-corrected chi connectivity index (χ2v) is 5.64. The van der Waals surface area contributed by atoms with Gasteiger partial charge in [0.15, 0.2) is 12.0 Å². The topological polar surface area (TPSA) is 76.7 Å². The molecule has 22 heavy (non-hydrogen) atoms. The molecular formula is C15H17F2N5. The molecule has 1 heterocycles. The average Bonchev–Trinajstić information content (AvgIpc) is 2.74. The van der Waals surface area contributed by atoms with Crippen LogP contribution in [0.5, 0.6) is 0 Å². The smallest absolute Gasteiger partial charge is 0.228 e. The van der Waals surface area contributed by atoms with Crippen molar-refractivity contribution in [2.45, 2.75) is 32.5 Å². The molecule has 0 bridgehead atoms. The summed E-state index contributed by atoms with van der Waals surface area (Å²) in [6.45, 7) is 3.39. The Balaban J connectivity index is 1.92. The van der Waals surface area contributed by atoms with Crippen LogP contribution >= 0.6 is 0 Å². The third-order valence-electron chi connectivity index (χ3n) is 3.86. The third-order valence-corrected chi connectivity index (χ3v) is 3.86. The van der Waals surface area contributed by atoms with E-state index in [4.69, 9.17) is 5.73 Å². The van der Waals surface area contributed by atoms with Crippen molar-refractivity contribution in [1.82, 2.24) is 15.0 Å². The molecule has 0 saturated carbocycles. The Kier molecular flexibility index (Phi) is 3.64. The van der Waals surface area contributed by atoms with Crippen LogP contribution in [-0.4, -0.2) is 15.0 Å². The molecule has 5 nitrogen and oxygen atoms in total. The highest BCUT2D eigenvalue weighted by molar-refractivity contribution is 5.43. The van der Waals surface area contributed by atoms with Crippen molar-refractivity contribution in [2.75, 3.05) is 11.1 Å². The van der Waals surface area contributed by atoms with Gasteiger partial charge >= 0.3 is 0 Å². The zero-order valence-electron chi connectivity index (χ0n) is 12.3. The standard InChI is InChI=1S/C15H17F2N5/c1-7-5-9-3-4-10(17)6-11(9)12(7)19-15-21-13(8(2)16)20-14(18)22-15/h3-4,6-8,12H,5H2,1-2H3,(H3,18,19,20,21,22)/t7-,8?,12+/m0/s1. The molecule has 2 aromatic rings. The SMILES string of the molecule is CC(F)c1nc(N)nc(N[C@H]2c3cc(F)ccc3C[C@@H]2C)n1. The van der Waals surface area contributed by atoms with E-state index in [1.165, 1.54) is 19.1 Å². The van der Waals surface area contributed by atoms with Crippen molar-refractivity contribution in [2.24, 2.45) is 5.92 Å². The Bertz CT molecular complexity index is 704. The molecule has 3 atom stereocenters. The molecule has 3 rings (SSSR count). The largest absolute Gasteiger partial charge is 0.368 e. The summed E-state index contributed by atoms with van der Waals surface area (Å²) in [5.74, 6) is 0.108. The van der Waals surface area contributed by atoms with E-state index < -0.39 is 6.17 Å². The Morgan fingerprint density at radius 1 is 1.32 bits per heavy atom. The quantitative estimate of drug-likeness (QED) is 0.911. The van der Waals surface area contributed by atoms with Gasteiger partial charge in [-0.2, -0.15) is 15.0 Å². The van der Waals surface area contributed by atoms with Gasteiger partial charge in [0.2, 0.25) is 11.9 Å². The normalized spacial score (nSPS) is 21.5. The van der Waals surface area contributed by atoms with Gasteiger partial charge in [0.05, 0.1) is 6.04 Å². The lowest BCUT2D eigenvalue weighted by Crippen LogP contribution is -2.18. The first kappa shape index (κ1) is 14.6. The second kappa shape index (κ2) is 5.47. The maximum absolute atomic E-state index is 13.5. The molecule has 0 radical (unpaired) electrons. The van der Waals surface area contributed by atoms with E-state index in [0.717, 1.165) is 17.5 Å². The van der Waals surface area contributed by atoms with Crippen molar-refractivity contribution >= 4 is 11.9 Å². The van der Waals surface area contributed by atoms with Gasteiger partial charge in [-0.3, -0.25) is 0 Å². The molecule has 0 fully saturated rings. The lowest BCUT2D eigenvalue weighted by Gasteiger charge is -2.19. The zero-order chi connectivity index (χ0) is 15.9. The van der Waals surface area contributed by atoms with Crippen molar-refractivity contribution in [3.8, 4) is 0 Å². The molecular weight excluding hydrogens is 288 g/mol. The zero-order valence-corrected chi connectivity index (χ0v) is 12.3. The number of fused-ring (bicyclic) bond motifs is 1. The molecule has 116 valence electrons. The number of benzene rings is 1. The van der Waals surface area contributed by atoms with Crippen LogP contribution < -0.4 is 11.1 Å². The van der Waals surface area contributed by atoms with Gasteiger partial charge in [-0.1, -0.05) is 13.0 Å². The van der Waals surface area contributed by atoms with Crippen LogP contribution in [0.3, 0.4) is 0 Å². The van der Waals surface area contributed by atoms with E-state index >= 15 is 0 Å². The Labute approximate surface area is 127 Å². The number of aromatic nitrogens is 3. The average molecular weight is 305 g/mol. The van der Waals surface area contributed by atoms with Gasteiger partial charge in [-0.25, -0.2) is 8.78 Å². The summed E-state index contributed by atoms with van der Waals surface area (Å²) in [5, 5.41) is 3.13. The Morgan fingerprint density at radius 3 is 2.82 bits per heavy atom. The minimum Gasteiger partial charge on any atom is -0.368 e. The highest BCUT2D eigenvalue weighted by atomic mass is 19.1. The fourth-order valence-corrected chi connectivity index (χ4v) is 2.82. The maximum Gasteiger partial charge on any atom is 0.228 e. The summed E-state index contributed by atoms with van der Waals surface area (Å²) in [5.41, 5.74) is 7.56.